The molecule has 1 amide bonds. The summed E-state index contributed by atoms with van der Waals surface area (Å²) in [7, 11) is 1.69. The molecule has 0 bridgehead atoms. The SMILES string of the molecule is COc1ccc(N2CCCN(C(C)C(=O)NC(C)c3ccccc3C)CC2)cc1. The van der Waals surface area contributed by atoms with Crippen molar-refractivity contribution < 1.29 is 9.53 Å². The predicted octanol–water partition coefficient (Wildman–Crippen LogP) is 3.78. The number of rotatable bonds is 6. The van der Waals surface area contributed by atoms with Gasteiger partial charge in [0, 0.05) is 31.9 Å². The van der Waals surface area contributed by atoms with Crippen molar-refractivity contribution in [3.8, 4) is 5.75 Å². The Morgan fingerprint density at radius 1 is 1.00 bits per heavy atom. The lowest BCUT2D eigenvalue weighted by atomic mass is 10.0. The van der Waals surface area contributed by atoms with Crippen LogP contribution in [0.4, 0.5) is 5.69 Å². The fourth-order valence-electron chi connectivity index (χ4n) is 4.03. The average molecular weight is 396 g/mol. The molecule has 29 heavy (non-hydrogen) atoms. The van der Waals surface area contributed by atoms with Gasteiger partial charge in [0.25, 0.3) is 0 Å². The molecule has 2 atom stereocenters. The monoisotopic (exact) mass is 395 g/mol. The first-order valence-electron chi connectivity index (χ1n) is 10.5. The van der Waals surface area contributed by atoms with Crippen molar-refractivity contribution in [3.05, 3.63) is 59.7 Å². The fourth-order valence-corrected chi connectivity index (χ4v) is 4.03. The molecule has 3 rings (SSSR count). The van der Waals surface area contributed by atoms with Crippen LogP contribution >= 0.6 is 0 Å². The van der Waals surface area contributed by atoms with Gasteiger partial charge in [-0.25, -0.2) is 0 Å². The molecule has 2 unspecified atom stereocenters. The summed E-state index contributed by atoms with van der Waals surface area (Å²) in [6.45, 7) is 9.88. The number of aryl methyl sites for hydroxylation is 1. The lowest BCUT2D eigenvalue weighted by Crippen LogP contribution is -2.47. The molecule has 0 aliphatic carbocycles. The highest BCUT2D eigenvalue weighted by molar-refractivity contribution is 5.81. The van der Waals surface area contributed by atoms with Crippen LogP contribution in [0.25, 0.3) is 0 Å². The summed E-state index contributed by atoms with van der Waals surface area (Å²) in [5.74, 6) is 0.969. The molecule has 2 aromatic rings. The Bertz CT molecular complexity index is 806. The summed E-state index contributed by atoms with van der Waals surface area (Å²) in [4.78, 5) is 17.6. The number of methoxy groups -OCH3 is 1. The third-order valence-corrected chi connectivity index (χ3v) is 5.91. The molecular formula is C24H33N3O2. The van der Waals surface area contributed by atoms with Crippen LogP contribution in [0.1, 0.15) is 37.4 Å². The first kappa shape index (κ1) is 21.2. The van der Waals surface area contributed by atoms with Crippen LogP contribution in [0.15, 0.2) is 48.5 Å². The highest BCUT2D eigenvalue weighted by Gasteiger charge is 2.25. The van der Waals surface area contributed by atoms with Crippen LogP contribution in [-0.2, 0) is 4.79 Å². The zero-order valence-corrected chi connectivity index (χ0v) is 18.0. The van der Waals surface area contributed by atoms with Gasteiger partial charge in [0.1, 0.15) is 5.75 Å². The largest absolute Gasteiger partial charge is 0.497 e. The Balaban J connectivity index is 1.57. The summed E-state index contributed by atoms with van der Waals surface area (Å²) < 4.78 is 5.26. The molecule has 156 valence electrons. The fraction of sp³-hybridized carbons (Fsp3) is 0.458. The van der Waals surface area contributed by atoms with Gasteiger partial charge in [0.15, 0.2) is 0 Å². The third-order valence-electron chi connectivity index (χ3n) is 5.91. The van der Waals surface area contributed by atoms with Crippen molar-refractivity contribution >= 4 is 11.6 Å². The van der Waals surface area contributed by atoms with E-state index in [2.05, 4.69) is 53.2 Å². The second-order valence-electron chi connectivity index (χ2n) is 7.84. The minimum Gasteiger partial charge on any atom is -0.497 e. The summed E-state index contributed by atoms with van der Waals surface area (Å²) in [5, 5.41) is 3.20. The van der Waals surface area contributed by atoms with Gasteiger partial charge in [-0.05, 0) is 62.6 Å². The van der Waals surface area contributed by atoms with Crippen LogP contribution in [0.5, 0.6) is 5.75 Å². The maximum absolute atomic E-state index is 12.9. The van der Waals surface area contributed by atoms with Crippen molar-refractivity contribution in [3.63, 3.8) is 0 Å². The Labute approximate surface area is 174 Å². The number of hydrogen-bond acceptors (Lipinski definition) is 4. The first-order chi connectivity index (χ1) is 14.0. The van der Waals surface area contributed by atoms with Gasteiger partial charge in [-0.2, -0.15) is 0 Å². The molecule has 0 radical (unpaired) electrons. The molecule has 2 aromatic carbocycles. The number of benzene rings is 2. The maximum Gasteiger partial charge on any atom is 0.237 e. The second kappa shape index (κ2) is 9.79. The molecule has 1 heterocycles. The van der Waals surface area contributed by atoms with Crippen LogP contribution in [0.3, 0.4) is 0 Å². The van der Waals surface area contributed by atoms with Crippen LogP contribution in [0.2, 0.25) is 0 Å². The predicted molar refractivity (Wildman–Crippen MR) is 119 cm³/mol. The molecular weight excluding hydrogens is 362 g/mol. The molecule has 1 N–H and O–H groups in total. The van der Waals surface area contributed by atoms with Crippen molar-refractivity contribution in [2.24, 2.45) is 0 Å². The quantitative estimate of drug-likeness (QED) is 0.808. The zero-order valence-electron chi connectivity index (χ0n) is 18.0. The molecule has 1 aliphatic heterocycles. The van der Waals surface area contributed by atoms with Crippen molar-refractivity contribution in [2.45, 2.75) is 39.3 Å². The van der Waals surface area contributed by atoms with Crippen molar-refractivity contribution in [1.29, 1.82) is 0 Å². The molecule has 1 fully saturated rings. The van der Waals surface area contributed by atoms with Gasteiger partial charge >= 0.3 is 0 Å². The van der Waals surface area contributed by atoms with Crippen molar-refractivity contribution in [1.82, 2.24) is 10.2 Å². The highest BCUT2D eigenvalue weighted by Crippen LogP contribution is 2.21. The van der Waals surface area contributed by atoms with E-state index < -0.39 is 0 Å². The average Bonchev–Trinajstić information content (AvgIpc) is 2.99. The number of nitrogens with one attached hydrogen (secondary N) is 1. The van der Waals surface area contributed by atoms with Crippen LogP contribution in [0, 0.1) is 6.92 Å². The summed E-state index contributed by atoms with van der Waals surface area (Å²) >= 11 is 0. The third kappa shape index (κ3) is 5.30. The lowest BCUT2D eigenvalue weighted by Gasteiger charge is -2.28. The summed E-state index contributed by atoms with van der Waals surface area (Å²) in [6, 6.07) is 16.3. The first-order valence-corrected chi connectivity index (χ1v) is 10.5. The number of hydrogen-bond donors (Lipinski definition) is 1. The Morgan fingerprint density at radius 3 is 2.41 bits per heavy atom. The van der Waals surface area contributed by atoms with E-state index in [1.54, 1.807) is 7.11 Å². The van der Waals surface area contributed by atoms with E-state index in [4.69, 9.17) is 4.74 Å². The van der Waals surface area contributed by atoms with Gasteiger partial charge in [-0.15, -0.1) is 0 Å². The van der Waals surface area contributed by atoms with E-state index >= 15 is 0 Å². The van der Waals surface area contributed by atoms with Gasteiger partial charge in [0.05, 0.1) is 19.2 Å². The Kier molecular flexibility index (Phi) is 7.15. The summed E-state index contributed by atoms with van der Waals surface area (Å²) in [6.07, 6.45) is 1.04. The van der Waals surface area contributed by atoms with Gasteiger partial charge < -0.3 is 15.0 Å². The van der Waals surface area contributed by atoms with E-state index in [0.29, 0.717) is 0 Å². The topological polar surface area (TPSA) is 44.8 Å². The minimum absolute atomic E-state index is 0.00826. The van der Waals surface area contributed by atoms with Gasteiger partial charge in [-0.3, -0.25) is 9.69 Å². The number of carbonyl (C=O) groups is 1. The summed E-state index contributed by atoms with van der Waals surface area (Å²) in [5.41, 5.74) is 3.59. The van der Waals surface area contributed by atoms with E-state index in [0.717, 1.165) is 38.3 Å². The molecule has 0 spiro atoms. The second-order valence-corrected chi connectivity index (χ2v) is 7.84. The molecule has 0 aromatic heterocycles. The van der Waals surface area contributed by atoms with Crippen LogP contribution < -0.4 is 15.0 Å². The zero-order chi connectivity index (χ0) is 20.8. The number of carbonyl (C=O) groups excluding carboxylic acids is 1. The molecule has 0 saturated carbocycles. The molecule has 5 heteroatoms. The van der Waals surface area contributed by atoms with E-state index in [1.165, 1.54) is 16.8 Å². The van der Waals surface area contributed by atoms with Crippen LogP contribution in [-0.4, -0.2) is 50.1 Å². The van der Waals surface area contributed by atoms with E-state index in [1.807, 2.05) is 31.2 Å². The number of ether oxygens (including phenoxy) is 1. The smallest absolute Gasteiger partial charge is 0.237 e. The van der Waals surface area contributed by atoms with Gasteiger partial charge in [-0.1, -0.05) is 24.3 Å². The number of nitrogens with zero attached hydrogens (tertiary/aromatic N) is 2. The Hall–Kier alpha value is -2.53. The maximum atomic E-state index is 12.9. The molecule has 5 nitrogen and oxygen atoms in total. The van der Waals surface area contributed by atoms with Gasteiger partial charge in [0.2, 0.25) is 5.91 Å². The molecule has 1 aliphatic rings. The standard InChI is InChI=1S/C24H33N3O2/c1-18-8-5-6-9-23(18)19(2)25-24(28)20(3)26-14-7-15-27(17-16-26)21-10-12-22(29-4)13-11-21/h5-6,8-13,19-20H,7,14-17H2,1-4H3,(H,25,28). The van der Waals surface area contributed by atoms with E-state index in [9.17, 15) is 4.79 Å². The van der Waals surface area contributed by atoms with Crippen molar-refractivity contribution in [2.75, 3.05) is 38.2 Å². The number of amides is 1. The molecule has 1 saturated heterocycles. The number of anilines is 1. The lowest BCUT2D eigenvalue weighted by molar-refractivity contribution is -0.126. The highest BCUT2D eigenvalue weighted by atomic mass is 16.5. The Morgan fingerprint density at radius 2 is 1.72 bits per heavy atom. The minimum atomic E-state index is -0.141. The normalized spacial score (nSPS) is 17.3. The van der Waals surface area contributed by atoms with E-state index in [-0.39, 0.29) is 18.0 Å².